The van der Waals surface area contributed by atoms with Crippen molar-refractivity contribution in [2.24, 2.45) is 0 Å². The Morgan fingerprint density at radius 1 is 1.20 bits per heavy atom. The van der Waals surface area contributed by atoms with E-state index in [-0.39, 0.29) is 11.9 Å². The van der Waals surface area contributed by atoms with Crippen molar-refractivity contribution >= 4 is 23.7 Å². The topological polar surface area (TPSA) is 52.6 Å². The third-order valence-corrected chi connectivity index (χ3v) is 4.16. The lowest BCUT2D eigenvalue weighted by Gasteiger charge is -2.11. The number of hydrogen-bond acceptors (Lipinski definition) is 5. The van der Waals surface area contributed by atoms with Crippen LogP contribution < -0.4 is 0 Å². The van der Waals surface area contributed by atoms with E-state index in [0.29, 0.717) is 6.42 Å². The lowest BCUT2D eigenvalue weighted by Crippen LogP contribution is -2.06. The molecule has 1 aliphatic carbocycles. The fraction of sp³-hybridized carbons (Fsp3) is 0.600. The summed E-state index contributed by atoms with van der Waals surface area (Å²) >= 11 is 1.75. The normalized spacial score (nSPS) is 14.3. The summed E-state index contributed by atoms with van der Waals surface area (Å²) in [5, 5.41) is 0. The summed E-state index contributed by atoms with van der Waals surface area (Å²) in [5.41, 5.74) is 0.753. The average molecular weight is 298 g/mol. The maximum Gasteiger partial charge on any atom is 0.333 e. The van der Waals surface area contributed by atoms with Crippen molar-refractivity contribution in [2.75, 3.05) is 20.0 Å². The Morgan fingerprint density at radius 2 is 2.00 bits per heavy atom. The van der Waals surface area contributed by atoms with Gasteiger partial charge in [0.25, 0.3) is 0 Å². The monoisotopic (exact) mass is 298 g/mol. The molecule has 4 nitrogen and oxygen atoms in total. The van der Waals surface area contributed by atoms with E-state index in [0.717, 1.165) is 48.3 Å². The van der Waals surface area contributed by atoms with Crippen molar-refractivity contribution in [3.8, 4) is 0 Å². The van der Waals surface area contributed by atoms with Crippen molar-refractivity contribution in [1.29, 1.82) is 0 Å². The summed E-state index contributed by atoms with van der Waals surface area (Å²) in [6, 6.07) is 0. The minimum atomic E-state index is -0.228. The van der Waals surface area contributed by atoms with E-state index >= 15 is 0 Å². The maximum atomic E-state index is 11.4. The van der Waals surface area contributed by atoms with Gasteiger partial charge in [0.15, 0.2) is 0 Å². The van der Waals surface area contributed by atoms with Crippen molar-refractivity contribution in [1.82, 2.24) is 0 Å². The first-order valence-corrected chi connectivity index (χ1v) is 7.84. The third kappa shape index (κ3) is 6.28. The highest BCUT2D eigenvalue weighted by Crippen LogP contribution is 2.27. The highest BCUT2D eigenvalue weighted by Gasteiger charge is 2.13. The molecule has 0 fully saturated rings. The summed E-state index contributed by atoms with van der Waals surface area (Å²) in [6.07, 6.45) is 9.18. The van der Waals surface area contributed by atoms with Crippen LogP contribution in [0, 0.1) is 0 Å². The molecule has 0 amide bonds. The van der Waals surface area contributed by atoms with Gasteiger partial charge in [-0.3, -0.25) is 4.79 Å². The summed E-state index contributed by atoms with van der Waals surface area (Å²) < 4.78 is 9.33. The number of methoxy groups -OCH3 is 2. The Hall–Kier alpha value is -1.23. The molecule has 0 aromatic carbocycles. The van der Waals surface area contributed by atoms with Gasteiger partial charge < -0.3 is 9.47 Å². The second kappa shape index (κ2) is 9.64. The van der Waals surface area contributed by atoms with Crippen LogP contribution in [-0.2, 0) is 19.1 Å². The van der Waals surface area contributed by atoms with E-state index in [1.54, 1.807) is 11.8 Å². The Kier molecular flexibility index (Phi) is 8.11. The van der Waals surface area contributed by atoms with Crippen LogP contribution in [0.4, 0.5) is 0 Å². The van der Waals surface area contributed by atoms with E-state index in [4.69, 9.17) is 4.74 Å². The second-order valence-electron chi connectivity index (χ2n) is 4.54. The van der Waals surface area contributed by atoms with Gasteiger partial charge in [-0.25, -0.2) is 4.79 Å². The molecular weight excluding hydrogens is 276 g/mol. The number of ether oxygens (including phenoxy) is 2. The smallest absolute Gasteiger partial charge is 0.333 e. The van der Waals surface area contributed by atoms with E-state index in [1.807, 2.05) is 6.08 Å². The van der Waals surface area contributed by atoms with Crippen LogP contribution in [0.5, 0.6) is 0 Å². The van der Waals surface area contributed by atoms with Gasteiger partial charge >= 0.3 is 11.9 Å². The summed E-state index contributed by atoms with van der Waals surface area (Å²) in [6.45, 7) is 0. The molecule has 20 heavy (non-hydrogen) atoms. The third-order valence-electron chi connectivity index (χ3n) is 3.04. The molecule has 0 bridgehead atoms. The van der Waals surface area contributed by atoms with E-state index in [2.05, 4.69) is 10.8 Å². The Labute approximate surface area is 124 Å². The molecule has 0 saturated carbocycles. The largest absolute Gasteiger partial charge is 0.469 e. The van der Waals surface area contributed by atoms with Gasteiger partial charge in [-0.05, 0) is 37.5 Å². The molecule has 0 radical (unpaired) electrons. The van der Waals surface area contributed by atoms with Crippen molar-refractivity contribution in [2.45, 2.75) is 38.5 Å². The maximum absolute atomic E-state index is 11.4. The fourth-order valence-corrected chi connectivity index (χ4v) is 2.95. The van der Waals surface area contributed by atoms with Crippen LogP contribution in [0.3, 0.4) is 0 Å². The average Bonchev–Trinajstić information content (AvgIpc) is 2.49. The number of unbranched alkanes of at least 4 members (excludes halogenated alkanes) is 2. The van der Waals surface area contributed by atoms with Crippen molar-refractivity contribution in [3.63, 3.8) is 0 Å². The molecule has 0 spiro atoms. The number of thioether (sulfide) groups is 1. The molecule has 0 atom stereocenters. The fourth-order valence-electron chi connectivity index (χ4n) is 1.91. The molecule has 0 saturated heterocycles. The number of esters is 2. The number of hydrogen-bond donors (Lipinski definition) is 0. The first-order chi connectivity index (χ1) is 9.67. The number of allylic oxidation sites excluding steroid dienone is 2. The predicted octanol–water partition coefficient (Wildman–Crippen LogP) is 3.23. The highest BCUT2D eigenvalue weighted by atomic mass is 32.2. The zero-order valence-electron chi connectivity index (χ0n) is 12.1. The van der Waals surface area contributed by atoms with Gasteiger partial charge in [0.05, 0.1) is 14.2 Å². The Bertz CT molecular complexity index is 399. The molecule has 0 heterocycles. The van der Waals surface area contributed by atoms with Crippen LogP contribution in [0.2, 0.25) is 0 Å². The SMILES string of the molecule is COC(=O)CCCCCSC1=CCCC(C(=O)OC)=C1. The Morgan fingerprint density at radius 3 is 2.70 bits per heavy atom. The molecular formula is C15H22O4S. The lowest BCUT2D eigenvalue weighted by molar-refractivity contribution is -0.140. The second-order valence-corrected chi connectivity index (χ2v) is 5.71. The van der Waals surface area contributed by atoms with E-state index in [1.165, 1.54) is 14.2 Å². The van der Waals surface area contributed by atoms with E-state index < -0.39 is 0 Å². The van der Waals surface area contributed by atoms with Gasteiger partial charge in [-0.15, -0.1) is 11.8 Å². The molecule has 1 aliphatic rings. The lowest BCUT2D eigenvalue weighted by atomic mass is 10.1. The molecule has 0 N–H and O–H groups in total. The molecule has 0 aromatic heterocycles. The van der Waals surface area contributed by atoms with Gasteiger partial charge in [-0.1, -0.05) is 12.5 Å². The van der Waals surface area contributed by atoms with Crippen LogP contribution >= 0.6 is 11.8 Å². The van der Waals surface area contributed by atoms with Crippen molar-refractivity contribution < 1.29 is 19.1 Å². The van der Waals surface area contributed by atoms with Crippen LogP contribution in [0.1, 0.15) is 38.5 Å². The molecule has 0 unspecified atom stereocenters. The van der Waals surface area contributed by atoms with E-state index in [9.17, 15) is 9.59 Å². The summed E-state index contributed by atoms with van der Waals surface area (Å²) in [5.74, 6) is 0.630. The zero-order valence-corrected chi connectivity index (χ0v) is 13.0. The van der Waals surface area contributed by atoms with Gasteiger partial charge in [0.2, 0.25) is 0 Å². The Balaban J connectivity index is 2.19. The number of carbonyl (C=O) groups excluding carboxylic acids is 2. The minimum Gasteiger partial charge on any atom is -0.469 e. The molecule has 112 valence electrons. The molecule has 0 aromatic rings. The van der Waals surface area contributed by atoms with Gasteiger partial charge in [-0.2, -0.15) is 0 Å². The summed E-state index contributed by atoms with van der Waals surface area (Å²) in [7, 11) is 2.83. The van der Waals surface area contributed by atoms with Crippen LogP contribution in [0.15, 0.2) is 22.6 Å². The minimum absolute atomic E-state index is 0.140. The standard InChI is InChI=1S/C15H22O4S/c1-18-14(16)9-4-3-5-10-20-13-8-6-7-12(11-13)15(17)19-2/h8,11H,3-7,9-10H2,1-2H3. The van der Waals surface area contributed by atoms with Gasteiger partial charge in [0, 0.05) is 16.9 Å². The van der Waals surface area contributed by atoms with Crippen LogP contribution in [0.25, 0.3) is 0 Å². The first-order valence-electron chi connectivity index (χ1n) is 6.86. The molecule has 5 heteroatoms. The summed E-state index contributed by atoms with van der Waals surface area (Å²) in [4.78, 5) is 23.5. The van der Waals surface area contributed by atoms with Gasteiger partial charge in [0.1, 0.15) is 0 Å². The molecule has 1 rings (SSSR count). The number of rotatable bonds is 8. The highest BCUT2D eigenvalue weighted by molar-refractivity contribution is 8.03. The quantitative estimate of drug-likeness (QED) is 0.508. The first kappa shape index (κ1) is 16.8. The zero-order chi connectivity index (χ0) is 14.8. The number of carbonyl (C=O) groups is 2. The van der Waals surface area contributed by atoms with Crippen LogP contribution in [-0.4, -0.2) is 31.9 Å². The molecule has 0 aliphatic heterocycles. The predicted molar refractivity (Wildman–Crippen MR) is 80.4 cm³/mol. The van der Waals surface area contributed by atoms with Crippen molar-refractivity contribution in [3.05, 3.63) is 22.6 Å².